The van der Waals surface area contributed by atoms with Crippen LogP contribution in [0.3, 0.4) is 0 Å². The van der Waals surface area contributed by atoms with Crippen LogP contribution in [0, 0.1) is 12.7 Å². The van der Waals surface area contributed by atoms with Gasteiger partial charge in [0.05, 0.1) is 31.2 Å². The number of carbonyl (C=O) groups is 1. The van der Waals surface area contributed by atoms with Gasteiger partial charge in [-0.1, -0.05) is 67.9 Å². The SMILES string of the molecule is CCC(=O)C1=C(CN2CC(c3ccc(OP(=O)(CO[C@H](C)Cn4cc(CC)c5c(N)ncnc54)OCc4ccccc4C)cc3)CC(F)(F)C2)NC(c2nccs2)=NC1c1ccc(F)cc1Cl. The van der Waals surface area contributed by atoms with Crippen molar-refractivity contribution in [2.24, 2.45) is 4.99 Å². The van der Waals surface area contributed by atoms with Gasteiger partial charge in [-0.25, -0.2) is 32.7 Å². The summed E-state index contributed by atoms with van der Waals surface area (Å²) in [6.45, 7) is 7.50. The second-order valence-corrected chi connectivity index (χ2v) is 20.0. The molecule has 3 aromatic heterocycles. The van der Waals surface area contributed by atoms with E-state index in [1.165, 1.54) is 29.8 Å². The van der Waals surface area contributed by atoms with Crippen LogP contribution in [0.1, 0.15) is 78.4 Å². The number of hydrogen-bond acceptors (Lipinski definition) is 13. The highest BCUT2D eigenvalue weighted by atomic mass is 35.5. The van der Waals surface area contributed by atoms with Gasteiger partial charge in [0.2, 0.25) is 0 Å². The number of likely N-dealkylation sites (tertiary alicyclic amines) is 1. The van der Waals surface area contributed by atoms with Crippen LogP contribution >= 0.6 is 30.5 Å². The molecule has 13 nitrogen and oxygen atoms in total. The first-order chi connectivity index (χ1) is 32.1. The van der Waals surface area contributed by atoms with E-state index in [2.05, 4.69) is 20.3 Å². The van der Waals surface area contributed by atoms with E-state index in [-0.39, 0.29) is 54.6 Å². The lowest BCUT2D eigenvalue weighted by molar-refractivity contribution is -0.115. The van der Waals surface area contributed by atoms with Crippen molar-refractivity contribution in [3.05, 3.63) is 146 Å². The number of anilines is 1. The summed E-state index contributed by atoms with van der Waals surface area (Å²) in [6.07, 6.45) is 4.58. The summed E-state index contributed by atoms with van der Waals surface area (Å²) in [4.78, 5) is 33.2. The van der Waals surface area contributed by atoms with Crippen molar-refractivity contribution in [2.45, 2.75) is 84.1 Å². The number of carbonyl (C=O) groups excluding carboxylic acids is 1. The normalized spacial score (nSPS) is 18.9. The molecule has 0 bridgehead atoms. The molecule has 4 atom stereocenters. The standard InChI is InChI=1S/C48H51ClF3N8O5PS/c1-5-31-23-60(46-41(31)44(53)55-27-56-46)21-30(4)63-28-66(62,64-25-33-10-8-7-9-29(33)3)65-36-14-11-32(12-15-36)34-20-48(51,52)26-59(22-34)24-39-42(40(61)6-2)43(37-16-13-35(50)19-38(37)49)58-45(57-39)47-54-17-18-67-47/h7-19,23,27,30,34,43H,5-6,20-22,24-26,28H2,1-4H3,(H,57,58)(H2,53,55,56)/t30-,34?,43?,66?/m1/s1. The largest absolute Gasteiger partial charge is 0.423 e. The number of halogens is 4. The number of nitrogens with two attached hydrogens (primary N) is 1. The van der Waals surface area contributed by atoms with E-state index in [1.807, 2.05) is 55.8 Å². The van der Waals surface area contributed by atoms with Gasteiger partial charge in [0.1, 0.15) is 35.4 Å². The molecule has 3 N–H and O–H groups in total. The number of hydrogen-bond donors (Lipinski definition) is 2. The Morgan fingerprint density at radius 3 is 2.60 bits per heavy atom. The molecule has 1 saturated heterocycles. The Balaban J connectivity index is 1.01. The average molecular weight is 975 g/mol. The molecule has 0 radical (unpaired) electrons. The molecule has 6 aromatic rings. The number of nitrogens with one attached hydrogen (secondary N) is 1. The van der Waals surface area contributed by atoms with E-state index in [0.29, 0.717) is 45.7 Å². The van der Waals surface area contributed by atoms with Crippen molar-refractivity contribution in [3.8, 4) is 5.75 Å². The van der Waals surface area contributed by atoms with E-state index in [0.717, 1.165) is 34.6 Å². The summed E-state index contributed by atoms with van der Waals surface area (Å²) in [7, 11) is -4.00. The Hall–Kier alpha value is -5.42. The summed E-state index contributed by atoms with van der Waals surface area (Å²) in [5.74, 6) is -3.58. The van der Waals surface area contributed by atoms with Gasteiger partial charge >= 0.3 is 7.60 Å². The van der Waals surface area contributed by atoms with Gasteiger partial charge in [-0.15, -0.1) is 11.3 Å². The first-order valence-electron chi connectivity index (χ1n) is 22.0. The Kier molecular flexibility index (Phi) is 14.7. The molecule has 67 heavy (non-hydrogen) atoms. The molecular formula is C48H51ClF3N8O5PS. The molecule has 0 spiro atoms. The second-order valence-electron chi connectivity index (χ2n) is 16.8. The highest BCUT2D eigenvalue weighted by Crippen LogP contribution is 2.50. The molecule has 0 amide bonds. The molecule has 5 heterocycles. The third-order valence-corrected chi connectivity index (χ3v) is 14.5. The summed E-state index contributed by atoms with van der Waals surface area (Å²) in [5.41, 5.74) is 11.3. The molecule has 3 unspecified atom stereocenters. The number of aryl methyl sites for hydroxylation is 2. The highest BCUT2D eigenvalue weighted by molar-refractivity contribution is 7.54. The molecule has 2 aliphatic rings. The summed E-state index contributed by atoms with van der Waals surface area (Å²) < 4.78 is 80.8. The second kappa shape index (κ2) is 20.4. The monoisotopic (exact) mass is 974 g/mol. The fraction of sp³-hybridized carbons (Fsp3) is 0.354. The van der Waals surface area contributed by atoms with Crippen molar-refractivity contribution in [2.75, 3.05) is 31.7 Å². The zero-order valence-electron chi connectivity index (χ0n) is 37.4. The number of alkyl halides is 2. The number of aliphatic imine (C=N–C) groups is 1. The number of rotatable bonds is 18. The van der Waals surface area contributed by atoms with Gasteiger partial charge in [-0.3, -0.25) is 19.2 Å². The number of benzene rings is 3. The fourth-order valence-corrected chi connectivity index (χ4v) is 10.8. The van der Waals surface area contributed by atoms with E-state index < -0.39 is 50.4 Å². The molecular weight excluding hydrogens is 924 g/mol. The first-order valence-corrected chi connectivity index (χ1v) is 24.9. The zero-order chi connectivity index (χ0) is 47.5. The molecule has 0 aliphatic carbocycles. The maximum atomic E-state index is 15.8. The van der Waals surface area contributed by atoms with Crippen molar-refractivity contribution < 1.29 is 36.3 Å². The number of nitrogen functional groups attached to an aromatic ring is 1. The Bertz CT molecular complexity index is 2860. The number of piperidine rings is 1. The molecule has 2 aliphatic heterocycles. The van der Waals surface area contributed by atoms with Crippen LogP contribution in [0.2, 0.25) is 5.02 Å². The Morgan fingerprint density at radius 2 is 1.88 bits per heavy atom. The lowest BCUT2D eigenvalue weighted by Gasteiger charge is -2.39. The van der Waals surface area contributed by atoms with Crippen LogP contribution in [0.5, 0.6) is 5.75 Å². The topological polar surface area (TPSA) is 159 Å². The zero-order valence-corrected chi connectivity index (χ0v) is 39.9. The van der Waals surface area contributed by atoms with Gasteiger partial charge in [-0.2, -0.15) is 0 Å². The Labute approximate surface area is 395 Å². The van der Waals surface area contributed by atoms with Crippen LogP contribution in [-0.2, 0) is 38.2 Å². The predicted molar refractivity (Wildman–Crippen MR) is 254 cm³/mol. The minimum atomic E-state index is -4.00. The van der Waals surface area contributed by atoms with Crippen LogP contribution in [0.4, 0.5) is 19.0 Å². The maximum Gasteiger partial charge on any atom is 0.405 e. The number of thiazole rings is 1. The quantitative estimate of drug-likeness (QED) is 0.0790. The number of ether oxygens (including phenoxy) is 1. The van der Waals surface area contributed by atoms with Gasteiger partial charge in [0.15, 0.2) is 23.0 Å². The summed E-state index contributed by atoms with van der Waals surface area (Å²) >= 11 is 7.87. The van der Waals surface area contributed by atoms with E-state index in [4.69, 9.17) is 36.1 Å². The number of fused-ring (bicyclic) bond motifs is 1. The molecule has 3 aromatic carbocycles. The van der Waals surface area contributed by atoms with E-state index >= 15 is 8.78 Å². The minimum Gasteiger partial charge on any atom is -0.423 e. The lowest BCUT2D eigenvalue weighted by Crippen LogP contribution is -2.49. The number of aromatic nitrogens is 4. The summed E-state index contributed by atoms with van der Waals surface area (Å²) in [5, 5.41) is 6.42. The number of nitrogens with zero attached hydrogens (tertiary/aromatic N) is 6. The maximum absolute atomic E-state index is 15.8. The average Bonchev–Trinajstić information content (AvgIpc) is 3.97. The predicted octanol–water partition coefficient (Wildman–Crippen LogP) is 10.4. The molecule has 8 rings (SSSR count). The number of ketones is 1. The highest BCUT2D eigenvalue weighted by Gasteiger charge is 2.42. The van der Waals surface area contributed by atoms with Crippen molar-refractivity contribution in [1.29, 1.82) is 0 Å². The van der Waals surface area contributed by atoms with E-state index in [9.17, 15) is 13.8 Å². The van der Waals surface area contributed by atoms with Crippen molar-refractivity contribution in [3.63, 3.8) is 0 Å². The molecule has 19 heteroatoms. The Morgan fingerprint density at radius 1 is 1.09 bits per heavy atom. The summed E-state index contributed by atoms with van der Waals surface area (Å²) in [6, 6.07) is 17.1. The van der Waals surface area contributed by atoms with Gasteiger partial charge < -0.3 is 24.9 Å². The third kappa shape index (κ3) is 11.1. The smallest absolute Gasteiger partial charge is 0.405 e. The van der Waals surface area contributed by atoms with Crippen LogP contribution in [0.25, 0.3) is 11.0 Å². The lowest BCUT2D eigenvalue weighted by atomic mass is 9.87. The number of amidine groups is 1. The third-order valence-electron chi connectivity index (χ3n) is 11.9. The molecule has 1 fully saturated rings. The molecule has 352 valence electrons. The first kappa shape index (κ1) is 48.1. The minimum absolute atomic E-state index is 0.00318. The van der Waals surface area contributed by atoms with Crippen molar-refractivity contribution >= 4 is 59.0 Å². The van der Waals surface area contributed by atoms with E-state index in [1.54, 1.807) is 47.7 Å². The number of Topliss-reactive ketones (excluding diaryl/α,β-unsaturated/α-hetero) is 1. The van der Waals surface area contributed by atoms with Crippen LogP contribution in [-0.4, -0.2) is 74.0 Å². The van der Waals surface area contributed by atoms with Gasteiger partial charge in [-0.05, 0) is 66.8 Å². The van der Waals surface area contributed by atoms with Crippen LogP contribution in [0.15, 0.2) is 107 Å². The fourth-order valence-electron chi connectivity index (χ4n) is 8.57. The van der Waals surface area contributed by atoms with Crippen LogP contribution < -0.4 is 15.6 Å². The van der Waals surface area contributed by atoms with Crippen molar-refractivity contribution in [1.82, 2.24) is 29.7 Å². The van der Waals surface area contributed by atoms with Gasteiger partial charge in [0.25, 0.3) is 5.92 Å². The van der Waals surface area contributed by atoms with Gasteiger partial charge in [0, 0.05) is 71.5 Å². The molecule has 0 saturated carbocycles.